The third kappa shape index (κ3) is 3.57. The first-order valence-electron chi connectivity index (χ1n) is 6.24. The molecule has 0 spiro atoms. The first kappa shape index (κ1) is 15.0. The Labute approximate surface area is 125 Å². The molecular formula is C14H15N3O3S. The van der Waals surface area contributed by atoms with Gasteiger partial charge in [-0.2, -0.15) is 0 Å². The highest BCUT2D eigenvalue weighted by Crippen LogP contribution is 2.20. The maximum Gasteiger partial charge on any atom is 0.333 e. The number of thiazole rings is 1. The average molecular weight is 305 g/mol. The second-order valence-corrected chi connectivity index (χ2v) is 5.30. The smallest absolute Gasteiger partial charge is 0.333 e. The van der Waals surface area contributed by atoms with Gasteiger partial charge in [0, 0.05) is 5.38 Å². The fraction of sp³-hybridized carbons (Fsp3) is 0.214. The van der Waals surface area contributed by atoms with E-state index in [1.807, 2.05) is 5.38 Å². The van der Waals surface area contributed by atoms with Crippen LogP contribution in [0.1, 0.15) is 18.2 Å². The number of nitrogens with one attached hydrogen (secondary N) is 2. The lowest BCUT2D eigenvalue weighted by atomic mass is 9.92. The molecule has 6 nitrogen and oxygen atoms in total. The number of hydrogen-bond donors (Lipinski definition) is 3. The summed E-state index contributed by atoms with van der Waals surface area (Å²) in [5.41, 5.74) is 1.40. The van der Waals surface area contributed by atoms with Crippen molar-refractivity contribution in [1.82, 2.24) is 15.6 Å². The summed E-state index contributed by atoms with van der Waals surface area (Å²) in [6.07, 6.45) is 0. The molecule has 7 heteroatoms. The minimum atomic E-state index is -1.49. The molecule has 0 saturated carbocycles. The van der Waals surface area contributed by atoms with E-state index in [0.29, 0.717) is 5.56 Å². The molecule has 0 fully saturated rings. The van der Waals surface area contributed by atoms with Crippen molar-refractivity contribution in [3.8, 4) is 0 Å². The van der Waals surface area contributed by atoms with Gasteiger partial charge in [-0.15, -0.1) is 11.3 Å². The van der Waals surface area contributed by atoms with Gasteiger partial charge in [0.1, 0.15) is 0 Å². The summed E-state index contributed by atoms with van der Waals surface area (Å²) in [7, 11) is 0. The zero-order valence-electron chi connectivity index (χ0n) is 11.4. The summed E-state index contributed by atoms with van der Waals surface area (Å²) in [4.78, 5) is 27.5. The van der Waals surface area contributed by atoms with E-state index in [2.05, 4.69) is 15.6 Å². The van der Waals surface area contributed by atoms with E-state index in [1.165, 1.54) is 18.3 Å². The molecule has 1 heterocycles. The molecule has 1 unspecified atom stereocenters. The SMILES string of the molecule is CC(NC(=O)NCc1cscn1)(C(=O)O)c1ccccc1. The number of carbonyl (C=O) groups excluding carboxylic acids is 1. The van der Waals surface area contributed by atoms with Crippen LogP contribution in [0.2, 0.25) is 0 Å². The number of carbonyl (C=O) groups is 2. The molecule has 0 aliphatic rings. The minimum Gasteiger partial charge on any atom is -0.479 e. The Morgan fingerprint density at radius 2 is 2.05 bits per heavy atom. The Kier molecular flexibility index (Phi) is 4.54. The summed E-state index contributed by atoms with van der Waals surface area (Å²) < 4.78 is 0. The highest BCUT2D eigenvalue weighted by atomic mass is 32.1. The van der Waals surface area contributed by atoms with Crippen molar-refractivity contribution in [3.05, 3.63) is 52.5 Å². The molecule has 0 radical (unpaired) electrons. The molecule has 2 rings (SSSR count). The molecule has 110 valence electrons. The van der Waals surface area contributed by atoms with Crippen molar-refractivity contribution in [2.45, 2.75) is 19.0 Å². The summed E-state index contributed by atoms with van der Waals surface area (Å²) in [5.74, 6) is -1.13. The van der Waals surface area contributed by atoms with Crippen LogP contribution in [0.4, 0.5) is 4.79 Å². The Morgan fingerprint density at radius 3 is 2.62 bits per heavy atom. The predicted octanol–water partition coefficient (Wildman–Crippen LogP) is 1.94. The van der Waals surface area contributed by atoms with E-state index in [9.17, 15) is 14.7 Å². The summed E-state index contributed by atoms with van der Waals surface area (Å²) in [6, 6.07) is 8.01. The van der Waals surface area contributed by atoms with Crippen molar-refractivity contribution < 1.29 is 14.7 Å². The van der Waals surface area contributed by atoms with Crippen LogP contribution in [-0.2, 0) is 16.9 Å². The van der Waals surface area contributed by atoms with Gasteiger partial charge in [-0.05, 0) is 12.5 Å². The van der Waals surface area contributed by atoms with Crippen LogP contribution in [0, 0.1) is 0 Å². The fourth-order valence-electron chi connectivity index (χ4n) is 1.79. The van der Waals surface area contributed by atoms with E-state index in [0.717, 1.165) is 5.69 Å². The van der Waals surface area contributed by atoms with Gasteiger partial charge in [0.25, 0.3) is 0 Å². The number of aromatic nitrogens is 1. The maximum atomic E-state index is 11.9. The van der Waals surface area contributed by atoms with Crippen molar-refractivity contribution >= 4 is 23.3 Å². The van der Waals surface area contributed by atoms with E-state index < -0.39 is 17.5 Å². The van der Waals surface area contributed by atoms with E-state index in [1.54, 1.807) is 35.8 Å². The number of rotatable bonds is 5. The van der Waals surface area contributed by atoms with Crippen molar-refractivity contribution in [2.75, 3.05) is 0 Å². The summed E-state index contributed by atoms with van der Waals surface area (Å²) in [5, 5.41) is 16.3. The molecule has 0 bridgehead atoms. The molecule has 1 aromatic carbocycles. The number of carboxylic acid groups (broad SMARTS) is 1. The quantitative estimate of drug-likeness (QED) is 0.787. The molecule has 21 heavy (non-hydrogen) atoms. The monoisotopic (exact) mass is 305 g/mol. The lowest BCUT2D eigenvalue weighted by Gasteiger charge is -2.26. The first-order valence-corrected chi connectivity index (χ1v) is 7.18. The highest BCUT2D eigenvalue weighted by molar-refractivity contribution is 7.07. The molecule has 3 N–H and O–H groups in total. The van der Waals surface area contributed by atoms with Crippen LogP contribution in [0.3, 0.4) is 0 Å². The van der Waals surface area contributed by atoms with Gasteiger partial charge in [0.05, 0.1) is 17.7 Å². The second kappa shape index (κ2) is 6.36. The van der Waals surface area contributed by atoms with Gasteiger partial charge in [0.15, 0.2) is 5.54 Å². The average Bonchev–Trinajstić information content (AvgIpc) is 2.99. The molecule has 0 saturated heterocycles. The maximum absolute atomic E-state index is 11.9. The van der Waals surface area contributed by atoms with Crippen LogP contribution in [-0.4, -0.2) is 22.1 Å². The largest absolute Gasteiger partial charge is 0.479 e. The normalized spacial score (nSPS) is 13.2. The molecule has 0 aliphatic heterocycles. The van der Waals surface area contributed by atoms with Crippen LogP contribution in [0.15, 0.2) is 41.2 Å². The molecule has 1 atom stereocenters. The topological polar surface area (TPSA) is 91.3 Å². The lowest BCUT2D eigenvalue weighted by molar-refractivity contribution is -0.144. The number of aliphatic carboxylic acids is 1. The first-order chi connectivity index (χ1) is 10.0. The van der Waals surface area contributed by atoms with E-state index in [4.69, 9.17) is 0 Å². The second-order valence-electron chi connectivity index (χ2n) is 4.58. The zero-order valence-corrected chi connectivity index (χ0v) is 12.2. The zero-order chi connectivity index (χ0) is 15.3. The standard InChI is InChI=1S/C14H15N3O3S/c1-14(12(18)19,10-5-3-2-4-6-10)17-13(20)15-7-11-8-21-9-16-11/h2-6,8-9H,7H2,1H3,(H,18,19)(H2,15,17,20). The van der Waals surface area contributed by atoms with Crippen LogP contribution in [0.25, 0.3) is 0 Å². The van der Waals surface area contributed by atoms with Gasteiger partial charge in [-0.3, -0.25) is 0 Å². The number of nitrogens with zero attached hydrogens (tertiary/aromatic N) is 1. The number of amides is 2. The van der Waals surface area contributed by atoms with Gasteiger partial charge < -0.3 is 15.7 Å². The number of benzene rings is 1. The Bertz CT molecular complexity index is 616. The third-order valence-corrected chi connectivity index (χ3v) is 3.69. The Hall–Kier alpha value is -2.41. The highest BCUT2D eigenvalue weighted by Gasteiger charge is 2.36. The van der Waals surface area contributed by atoms with Gasteiger partial charge >= 0.3 is 12.0 Å². The van der Waals surface area contributed by atoms with Crippen LogP contribution < -0.4 is 10.6 Å². The van der Waals surface area contributed by atoms with Gasteiger partial charge in [-0.25, -0.2) is 14.6 Å². The van der Waals surface area contributed by atoms with Crippen LogP contribution >= 0.6 is 11.3 Å². The van der Waals surface area contributed by atoms with Crippen molar-refractivity contribution in [3.63, 3.8) is 0 Å². The fourth-order valence-corrected chi connectivity index (χ4v) is 2.35. The number of urea groups is 1. The Balaban J connectivity index is 2.06. The number of carboxylic acids is 1. The van der Waals surface area contributed by atoms with Crippen molar-refractivity contribution in [2.24, 2.45) is 0 Å². The molecular weight excluding hydrogens is 290 g/mol. The summed E-state index contributed by atoms with van der Waals surface area (Å²) >= 11 is 1.43. The molecule has 2 aromatic rings. The minimum absolute atomic E-state index is 0.250. The predicted molar refractivity (Wildman–Crippen MR) is 78.9 cm³/mol. The number of hydrogen-bond acceptors (Lipinski definition) is 4. The van der Waals surface area contributed by atoms with Crippen molar-refractivity contribution in [1.29, 1.82) is 0 Å². The third-order valence-electron chi connectivity index (χ3n) is 3.06. The van der Waals surface area contributed by atoms with E-state index in [-0.39, 0.29) is 6.54 Å². The van der Waals surface area contributed by atoms with E-state index >= 15 is 0 Å². The van der Waals surface area contributed by atoms with Gasteiger partial charge in [-0.1, -0.05) is 30.3 Å². The Morgan fingerprint density at radius 1 is 1.33 bits per heavy atom. The lowest BCUT2D eigenvalue weighted by Crippen LogP contribution is -2.52. The molecule has 0 aliphatic carbocycles. The van der Waals surface area contributed by atoms with Crippen LogP contribution in [0.5, 0.6) is 0 Å². The van der Waals surface area contributed by atoms with Gasteiger partial charge in [0.2, 0.25) is 0 Å². The molecule has 2 amide bonds. The summed E-state index contributed by atoms with van der Waals surface area (Å²) in [6.45, 7) is 1.70. The molecule has 1 aromatic heterocycles.